The van der Waals surface area contributed by atoms with Gasteiger partial charge in [-0.25, -0.2) is 0 Å². The second-order valence-electron chi connectivity index (χ2n) is 5.79. The molecule has 23 heavy (non-hydrogen) atoms. The van der Waals surface area contributed by atoms with Gasteiger partial charge in [0.2, 0.25) is 0 Å². The Hall–Kier alpha value is -1.14. The number of rotatable bonds is 14. The second kappa shape index (κ2) is 18.9. The SMILES string of the molecule is CNC(C)O.O=C(O)CCCCCCCCCCCCC(=O)O. The minimum atomic E-state index is -0.698. The van der Waals surface area contributed by atoms with Crippen molar-refractivity contribution in [1.29, 1.82) is 0 Å². The van der Waals surface area contributed by atoms with E-state index >= 15 is 0 Å². The van der Waals surface area contributed by atoms with Gasteiger partial charge in [0.05, 0.1) is 0 Å². The number of aliphatic hydroxyl groups is 1. The number of nitrogens with one attached hydrogen (secondary N) is 1. The van der Waals surface area contributed by atoms with Gasteiger partial charge in [0.1, 0.15) is 6.23 Å². The standard InChI is InChI=1S/C14H26O4.C3H9NO/c15-13(16)11-9-7-5-3-1-2-4-6-8-10-12-14(17)18;1-3(5)4-2/h1-12H2,(H,15,16)(H,17,18);3-5H,1-2H3. The first-order valence-corrected chi connectivity index (χ1v) is 8.69. The van der Waals surface area contributed by atoms with E-state index in [1.54, 1.807) is 14.0 Å². The van der Waals surface area contributed by atoms with Gasteiger partial charge in [-0.05, 0) is 26.8 Å². The van der Waals surface area contributed by atoms with Crippen molar-refractivity contribution in [1.82, 2.24) is 5.32 Å². The fourth-order valence-electron chi connectivity index (χ4n) is 1.97. The van der Waals surface area contributed by atoms with E-state index in [2.05, 4.69) is 5.32 Å². The topological polar surface area (TPSA) is 107 Å². The van der Waals surface area contributed by atoms with Crippen LogP contribution in [0.15, 0.2) is 0 Å². The van der Waals surface area contributed by atoms with Crippen LogP contribution in [0.4, 0.5) is 0 Å². The third-order valence-corrected chi connectivity index (χ3v) is 3.45. The van der Waals surface area contributed by atoms with Crippen LogP contribution in [-0.4, -0.2) is 40.5 Å². The third kappa shape index (κ3) is 29.5. The normalized spacial score (nSPS) is 11.4. The van der Waals surface area contributed by atoms with Crippen LogP contribution >= 0.6 is 0 Å². The summed E-state index contributed by atoms with van der Waals surface area (Å²) in [6.45, 7) is 1.67. The van der Waals surface area contributed by atoms with E-state index in [0.717, 1.165) is 38.5 Å². The lowest BCUT2D eigenvalue weighted by atomic mass is 10.1. The number of carboxylic acid groups (broad SMARTS) is 2. The maximum atomic E-state index is 10.3. The monoisotopic (exact) mass is 333 g/mol. The minimum absolute atomic E-state index is 0.295. The molecule has 6 nitrogen and oxygen atoms in total. The van der Waals surface area contributed by atoms with Gasteiger partial charge in [-0.15, -0.1) is 0 Å². The summed E-state index contributed by atoms with van der Waals surface area (Å²) in [7, 11) is 1.70. The highest BCUT2D eigenvalue weighted by Gasteiger charge is 1.98. The molecule has 0 rings (SSSR count). The van der Waals surface area contributed by atoms with Crippen LogP contribution in [0.3, 0.4) is 0 Å². The zero-order valence-corrected chi connectivity index (χ0v) is 14.7. The van der Waals surface area contributed by atoms with E-state index in [0.29, 0.717) is 12.8 Å². The molecule has 0 aliphatic rings. The largest absolute Gasteiger partial charge is 0.481 e. The van der Waals surface area contributed by atoms with Crippen LogP contribution in [0.1, 0.15) is 84.0 Å². The average molecular weight is 333 g/mol. The van der Waals surface area contributed by atoms with Crippen LogP contribution in [0, 0.1) is 0 Å². The molecule has 6 heteroatoms. The molecule has 0 amide bonds. The molecule has 0 aliphatic heterocycles. The zero-order valence-electron chi connectivity index (χ0n) is 14.7. The summed E-state index contributed by atoms with van der Waals surface area (Å²) >= 11 is 0. The summed E-state index contributed by atoms with van der Waals surface area (Å²) in [6, 6.07) is 0. The molecular formula is C17H35NO5. The smallest absolute Gasteiger partial charge is 0.303 e. The molecule has 1 atom stereocenters. The molecule has 0 bridgehead atoms. The van der Waals surface area contributed by atoms with Crippen molar-refractivity contribution in [3.63, 3.8) is 0 Å². The number of hydrogen-bond acceptors (Lipinski definition) is 4. The van der Waals surface area contributed by atoms with E-state index in [4.69, 9.17) is 15.3 Å². The van der Waals surface area contributed by atoms with E-state index in [1.807, 2.05) is 0 Å². The van der Waals surface area contributed by atoms with Gasteiger partial charge >= 0.3 is 11.9 Å². The summed E-state index contributed by atoms with van der Waals surface area (Å²) in [5, 5.41) is 27.7. The zero-order chi connectivity index (χ0) is 17.9. The van der Waals surface area contributed by atoms with Crippen molar-refractivity contribution in [3.8, 4) is 0 Å². The maximum absolute atomic E-state index is 10.3. The summed E-state index contributed by atoms with van der Waals surface area (Å²) in [4.78, 5) is 20.5. The number of aliphatic carboxylic acids is 2. The fraction of sp³-hybridized carbons (Fsp3) is 0.882. The number of hydrogen-bond donors (Lipinski definition) is 4. The Labute approximate surface area is 140 Å². The molecule has 138 valence electrons. The van der Waals surface area contributed by atoms with E-state index in [1.165, 1.54) is 25.7 Å². The van der Waals surface area contributed by atoms with Crippen LogP contribution in [0.25, 0.3) is 0 Å². The summed E-state index contributed by atoms with van der Waals surface area (Å²) in [5.74, 6) is -1.40. The summed E-state index contributed by atoms with van der Waals surface area (Å²) < 4.78 is 0. The highest BCUT2D eigenvalue weighted by Crippen LogP contribution is 2.11. The Morgan fingerprint density at radius 3 is 1.13 bits per heavy atom. The Bertz CT molecular complexity index is 258. The van der Waals surface area contributed by atoms with Gasteiger partial charge in [-0.1, -0.05) is 51.4 Å². The van der Waals surface area contributed by atoms with Gasteiger partial charge in [0.25, 0.3) is 0 Å². The second-order valence-corrected chi connectivity index (χ2v) is 5.79. The van der Waals surface area contributed by atoms with Crippen molar-refractivity contribution in [2.45, 2.75) is 90.2 Å². The lowest BCUT2D eigenvalue weighted by molar-refractivity contribution is -0.138. The fourth-order valence-corrected chi connectivity index (χ4v) is 1.97. The number of aliphatic hydroxyl groups excluding tert-OH is 1. The lowest BCUT2D eigenvalue weighted by Gasteiger charge is -2.01. The van der Waals surface area contributed by atoms with Crippen LogP contribution in [0.2, 0.25) is 0 Å². The van der Waals surface area contributed by atoms with E-state index in [9.17, 15) is 9.59 Å². The van der Waals surface area contributed by atoms with Gasteiger partial charge in [-0.3, -0.25) is 14.9 Å². The molecule has 0 aliphatic carbocycles. The molecule has 0 spiro atoms. The lowest BCUT2D eigenvalue weighted by Crippen LogP contribution is -2.19. The van der Waals surface area contributed by atoms with Crippen LogP contribution < -0.4 is 5.32 Å². The van der Waals surface area contributed by atoms with Gasteiger partial charge < -0.3 is 15.3 Å². The highest BCUT2D eigenvalue weighted by atomic mass is 16.4. The molecule has 0 heterocycles. The molecular weight excluding hydrogens is 298 g/mol. The molecule has 0 fully saturated rings. The predicted molar refractivity (Wildman–Crippen MR) is 91.4 cm³/mol. The summed E-state index contributed by atoms with van der Waals surface area (Å²) in [6.07, 6.45) is 10.9. The molecule has 0 saturated heterocycles. The molecule has 0 radical (unpaired) electrons. The molecule has 0 aromatic carbocycles. The number of unbranched alkanes of at least 4 members (excludes halogenated alkanes) is 9. The third-order valence-electron chi connectivity index (χ3n) is 3.45. The number of carbonyl (C=O) groups is 2. The first-order chi connectivity index (χ1) is 10.9. The molecule has 4 N–H and O–H groups in total. The quantitative estimate of drug-likeness (QED) is 0.287. The number of carboxylic acids is 2. The van der Waals surface area contributed by atoms with Crippen molar-refractivity contribution in [2.75, 3.05) is 7.05 Å². The Balaban J connectivity index is 0. The van der Waals surface area contributed by atoms with Crippen molar-refractivity contribution >= 4 is 11.9 Å². The predicted octanol–water partition coefficient (Wildman–Crippen LogP) is 3.38. The van der Waals surface area contributed by atoms with Gasteiger partial charge in [0.15, 0.2) is 0 Å². The van der Waals surface area contributed by atoms with E-state index < -0.39 is 11.9 Å². The van der Waals surface area contributed by atoms with E-state index in [-0.39, 0.29) is 6.23 Å². The Morgan fingerprint density at radius 1 is 0.739 bits per heavy atom. The molecule has 1 unspecified atom stereocenters. The van der Waals surface area contributed by atoms with Crippen LogP contribution in [-0.2, 0) is 9.59 Å². The van der Waals surface area contributed by atoms with Crippen molar-refractivity contribution < 1.29 is 24.9 Å². The Morgan fingerprint density at radius 2 is 0.957 bits per heavy atom. The Kier molecular flexibility index (Phi) is 19.8. The first-order valence-electron chi connectivity index (χ1n) is 8.69. The summed E-state index contributed by atoms with van der Waals surface area (Å²) in [5.41, 5.74) is 0. The van der Waals surface area contributed by atoms with Gasteiger partial charge in [-0.2, -0.15) is 0 Å². The molecule has 0 saturated carbocycles. The highest BCUT2D eigenvalue weighted by molar-refractivity contribution is 5.66. The van der Waals surface area contributed by atoms with Gasteiger partial charge in [0, 0.05) is 12.8 Å². The average Bonchev–Trinajstić information content (AvgIpc) is 2.48. The first kappa shape index (κ1) is 24.1. The molecule has 0 aromatic rings. The van der Waals surface area contributed by atoms with Crippen molar-refractivity contribution in [3.05, 3.63) is 0 Å². The van der Waals surface area contributed by atoms with Crippen molar-refractivity contribution in [2.24, 2.45) is 0 Å². The maximum Gasteiger partial charge on any atom is 0.303 e. The minimum Gasteiger partial charge on any atom is -0.481 e. The van der Waals surface area contributed by atoms with Crippen LogP contribution in [0.5, 0.6) is 0 Å². The molecule has 0 aromatic heterocycles.